The Labute approximate surface area is 118 Å². The molecule has 0 aromatic heterocycles. The lowest BCUT2D eigenvalue weighted by Crippen LogP contribution is -2.28. The lowest BCUT2D eigenvalue weighted by atomic mass is 9.85. The Morgan fingerprint density at radius 3 is 2.47 bits per heavy atom. The molecule has 108 valence electrons. The summed E-state index contributed by atoms with van der Waals surface area (Å²) in [5, 5.41) is 3.60. The Kier molecular flexibility index (Phi) is 6.93. The molecule has 1 N–H and O–H groups in total. The molecule has 2 unspecified atom stereocenters. The van der Waals surface area contributed by atoms with Crippen LogP contribution < -0.4 is 10.1 Å². The van der Waals surface area contributed by atoms with Gasteiger partial charge in [0.2, 0.25) is 0 Å². The van der Waals surface area contributed by atoms with E-state index in [2.05, 4.69) is 51.2 Å². The molecule has 2 nitrogen and oxygen atoms in total. The molecule has 1 aromatic carbocycles. The zero-order valence-electron chi connectivity index (χ0n) is 13.1. The predicted octanol–water partition coefficient (Wildman–Crippen LogP) is 4.07. The second-order valence-corrected chi connectivity index (χ2v) is 5.82. The summed E-state index contributed by atoms with van der Waals surface area (Å²) >= 11 is 0. The van der Waals surface area contributed by atoms with Crippen molar-refractivity contribution in [1.82, 2.24) is 5.32 Å². The van der Waals surface area contributed by atoms with Gasteiger partial charge in [-0.05, 0) is 42.0 Å². The molecule has 0 fully saturated rings. The van der Waals surface area contributed by atoms with Crippen molar-refractivity contribution in [3.05, 3.63) is 29.8 Å². The molecule has 0 amide bonds. The van der Waals surface area contributed by atoms with Gasteiger partial charge in [-0.3, -0.25) is 0 Å². The van der Waals surface area contributed by atoms with Crippen molar-refractivity contribution < 1.29 is 4.74 Å². The predicted molar refractivity (Wildman–Crippen MR) is 82.9 cm³/mol. The van der Waals surface area contributed by atoms with Crippen LogP contribution in [0.1, 0.15) is 45.6 Å². The van der Waals surface area contributed by atoms with E-state index in [1.165, 1.54) is 12.0 Å². The second kappa shape index (κ2) is 8.21. The van der Waals surface area contributed by atoms with E-state index in [0.717, 1.165) is 18.8 Å². The molecule has 0 aliphatic carbocycles. The maximum Gasteiger partial charge on any atom is 0.119 e. The van der Waals surface area contributed by atoms with Gasteiger partial charge in [0.1, 0.15) is 5.75 Å². The Balaban J connectivity index is 2.77. The average molecular weight is 263 g/mol. The van der Waals surface area contributed by atoms with Crippen LogP contribution in [0.5, 0.6) is 5.75 Å². The Morgan fingerprint density at radius 1 is 1.16 bits per heavy atom. The van der Waals surface area contributed by atoms with Gasteiger partial charge in [0, 0.05) is 6.54 Å². The number of ether oxygens (including phenoxy) is 1. The number of benzene rings is 1. The number of hydrogen-bond donors (Lipinski definition) is 1. The highest BCUT2D eigenvalue weighted by atomic mass is 16.5. The van der Waals surface area contributed by atoms with E-state index in [9.17, 15) is 0 Å². The summed E-state index contributed by atoms with van der Waals surface area (Å²) in [5.74, 6) is 2.88. The fourth-order valence-corrected chi connectivity index (χ4v) is 2.33. The molecular formula is C17H29NO. The molecule has 1 aromatic rings. The number of nitrogens with one attached hydrogen (secondary N) is 1. The first-order valence-electron chi connectivity index (χ1n) is 7.43. The highest BCUT2D eigenvalue weighted by molar-refractivity contribution is 5.31. The van der Waals surface area contributed by atoms with E-state index >= 15 is 0 Å². The van der Waals surface area contributed by atoms with Gasteiger partial charge in [-0.1, -0.05) is 46.2 Å². The number of methoxy groups -OCH3 is 1. The monoisotopic (exact) mass is 263 g/mol. The topological polar surface area (TPSA) is 21.3 Å². The number of hydrogen-bond acceptors (Lipinski definition) is 2. The zero-order chi connectivity index (χ0) is 14.3. The summed E-state index contributed by atoms with van der Waals surface area (Å²) in [6.45, 7) is 11.2. The minimum Gasteiger partial charge on any atom is -0.497 e. The van der Waals surface area contributed by atoms with Gasteiger partial charge in [-0.15, -0.1) is 0 Å². The summed E-state index contributed by atoms with van der Waals surface area (Å²) < 4.78 is 5.34. The van der Waals surface area contributed by atoms with Crippen molar-refractivity contribution in [1.29, 1.82) is 0 Å². The largest absolute Gasteiger partial charge is 0.497 e. The minimum absolute atomic E-state index is 0.554. The van der Waals surface area contributed by atoms with Crippen LogP contribution in [0.2, 0.25) is 0 Å². The van der Waals surface area contributed by atoms with Gasteiger partial charge in [-0.2, -0.15) is 0 Å². The fraction of sp³-hybridized carbons (Fsp3) is 0.647. The zero-order valence-corrected chi connectivity index (χ0v) is 13.1. The lowest BCUT2D eigenvalue weighted by molar-refractivity contribution is 0.399. The lowest BCUT2D eigenvalue weighted by Gasteiger charge is -2.25. The average Bonchev–Trinajstić information content (AvgIpc) is 2.42. The van der Waals surface area contributed by atoms with E-state index < -0.39 is 0 Å². The van der Waals surface area contributed by atoms with Gasteiger partial charge in [0.25, 0.3) is 0 Å². The van der Waals surface area contributed by atoms with E-state index in [4.69, 9.17) is 4.74 Å². The van der Waals surface area contributed by atoms with Crippen molar-refractivity contribution in [2.45, 2.75) is 40.0 Å². The van der Waals surface area contributed by atoms with Crippen molar-refractivity contribution in [3.8, 4) is 5.75 Å². The highest BCUT2D eigenvalue weighted by Gasteiger charge is 2.18. The standard InChI is InChI=1S/C17H29NO/c1-6-14(4)17(12-18-11-13(2)3)15-8-7-9-16(10-15)19-5/h7-10,13-14,17-18H,6,11-12H2,1-5H3. The molecule has 0 radical (unpaired) electrons. The van der Waals surface area contributed by atoms with E-state index in [-0.39, 0.29) is 0 Å². The van der Waals surface area contributed by atoms with Crippen molar-refractivity contribution in [2.75, 3.05) is 20.2 Å². The quantitative estimate of drug-likeness (QED) is 0.763. The van der Waals surface area contributed by atoms with Crippen LogP contribution >= 0.6 is 0 Å². The van der Waals surface area contributed by atoms with E-state index in [1.807, 2.05) is 6.07 Å². The fourth-order valence-electron chi connectivity index (χ4n) is 2.33. The van der Waals surface area contributed by atoms with Gasteiger partial charge < -0.3 is 10.1 Å². The smallest absolute Gasteiger partial charge is 0.119 e. The van der Waals surface area contributed by atoms with Crippen LogP contribution in [0.15, 0.2) is 24.3 Å². The molecule has 0 bridgehead atoms. The van der Waals surface area contributed by atoms with Gasteiger partial charge >= 0.3 is 0 Å². The van der Waals surface area contributed by atoms with E-state index in [0.29, 0.717) is 17.8 Å². The second-order valence-electron chi connectivity index (χ2n) is 5.82. The molecule has 0 saturated carbocycles. The molecule has 0 aliphatic rings. The van der Waals surface area contributed by atoms with Crippen LogP contribution in [-0.4, -0.2) is 20.2 Å². The maximum absolute atomic E-state index is 5.34. The van der Waals surface area contributed by atoms with Crippen LogP contribution in [0.25, 0.3) is 0 Å². The molecule has 0 aliphatic heterocycles. The normalized spacial score (nSPS) is 14.4. The third-order valence-corrected chi connectivity index (χ3v) is 3.77. The molecule has 1 rings (SSSR count). The third-order valence-electron chi connectivity index (χ3n) is 3.77. The first-order chi connectivity index (χ1) is 9.08. The highest BCUT2D eigenvalue weighted by Crippen LogP contribution is 2.28. The third kappa shape index (κ3) is 5.23. The Hall–Kier alpha value is -1.02. The Morgan fingerprint density at radius 2 is 1.89 bits per heavy atom. The van der Waals surface area contributed by atoms with Crippen LogP contribution in [0, 0.1) is 11.8 Å². The van der Waals surface area contributed by atoms with Crippen LogP contribution in [0.4, 0.5) is 0 Å². The maximum atomic E-state index is 5.34. The summed E-state index contributed by atoms with van der Waals surface area (Å²) in [4.78, 5) is 0. The molecule has 0 heterocycles. The summed E-state index contributed by atoms with van der Waals surface area (Å²) in [6.07, 6.45) is 1.20. The van der Waals surface area contributed by atoms with Crippen molar-refractivity contribution in [2.24, 2.45) is 11.8 Å². The van der Waals surface area contributed by atoms with Crippen molar-refractivity contribution >= 4 is 0 Å². The van der Waals surface area contributed by atoms with Gasteiger partial charge in [-0.25, -0.2) is 0 Å². The van der Waals surface area contributed by atoms with Crippen LogP contribution in [-0.2, 0) is 0 Å². The summed E-state index contributed by atoms with van der Waals surface area (Å²) in [5.41, 5.74) is 1.38. The number of rotatable bonds is 8. The summed E-state index contributed by atoms with van der Waals surface area (Å²) in [6, 6.07) is 8.50. The molecular weight excluding hydrogens is 234 g/mol. The molecule has 19 heavy (non-hydrogen) atoms. The molecule has 2 atom stereocenters. The van der Waals surface area contributed by atoms with Crippen LogP contribution in [0.3, 0.4) is 0 Å². The van der Waals surface area contributed by atoms with Gasteiger partial charge in [0.05, 0.1) is 7.11 Å². The molecule has 0 saturated heterocycles. The first-order valence-corrected chi connectivity index (χ1v) is 7.43. The molecule has 0 spiro atoms. The van der Waals surface area contributed by atoms with E-state index in [1.54, 1.807) is 7.11 Å². The summed E-state index contributed by atoms with van der Waals surface area (Å²) in [7, 11) is 1.73. The SMILES string of the molecule is CCC(C)C(CNCC(C)C)c1cccc(OC)c1. The minimum atomic E-state index is 0.554. The Bertz CT molecular complexity index is 362. The van der Waals surface area contributed by atoms with Crippen molar-refractivity contribution in [3.63, 3.8) is 0 Å². The molecule has 2 heteroatoms. The first kappa shape index (κ1) is 16.0. The van der Waals surface area contributed by atoms with Gasteiger partial charge in [0.15, 0.2) is 0 Å².